The van der Waals surface area contributed by atoms with E-state index in [0.717, 1.165) is 12.8 Å². The number of rotatable bonds is 2. The summed E-state index contributed by atoms with van der Waals surface area (Å²) in [5, 5.41) is 10.00. The first-order chi connectivity index (χ1) is 9.13. The highest BCUT2D eigenvalue weighted by atomic mass is 35.5. The molecule has 0 saturated carbocycles. The Bertz CT molecular complexity index is 549. The van der Waals surface area contributed by atoms with Crippen molar-refractivity contribution in [1.82, 2.24) is 4.90 Å². The number of carbonyl (C=O) groups excluding carboxylic acids is 1. The number of benzene rings is 1. The van der Waals surface area contributed by atoms with Gasteiger partial charge in [-0.25, -0.2) is 0 Å². The Morgan fingerprint density at radius 2 is 1.84 bits per heavy atom. The molecule has 5 heteroatoms. The number of amides is 1. The smallest absolute Gasteiger partial charge is 0.264 e. The minimum atomic E-state index is -0.254. The Morgan fingerprint density at radius 3 is 2.37 bits per heavy atom. The van der Waals surface area contributed by atoms with Crippen LogP contribution in [0, 0.1) is 11.3 Å². The van der Waals surface area contributed by atoms with Crippen molar-refractivity contribution in [3.8, 4) is 6.07 Å². The molecule has 0 atom stereocenters. The van der Waals surface area contributed by atoms with Crippen LogP contribution in [0.3, 0.4) is 0 Å². The second-order valence-electron chi connectivity index (χ2n) is 4.30. The van der Waals surface area contributed by atoms with Crippen molar-refractivity contribution in [2.24, 2.45) is 0 Å². The molecule has 0 spiro atoms. The van der Waals surface area contributed by atoms with Crippen molar-refractivity contribution >= 4 is 35.2 Å². The molecule has 1 aromatic rings. The molecule has 0 unspecified atom stereocenters. The van der Waals surface area contributed by atoms with E-state index in [1.54, 1.807) is 23.1 Å². The lowest BCUT2D eigenvalue weighted by atomic mass is 10.1. The van der Waals surface area contributed by atoms with Gasteiger partial charge in [0.15, 0.2) is 0 Å². The molecule has 19 heavy (non-hydrogen) atoms. The minimum Gasteiger partial charge on any atom is -0.338 e. The number of hydrogen-bond donors (Lipinski definition) is 0. The summed E-state index contributed by atoms with van der Waals surface area (Å²) in [5.74, 6) is -0.254. The van der Waals surface area contributed by atoms with E-state index in [0.29, 0.717) is 28.7 Å². The van der Waals surface area contributed by atoms with Crippen molar-refractivity contribution in [3.63, 3.8) is 0 Å². The first kappa shape index (κ1) is 13.9. The van der Waals surface area contributed by atoms with Gasteiger partial charge in [0, 0.05) is 28.7 Å². The zero-order chi connectivity index (χ0) is 13.8. The summed E-state index contributed by atoms with van der Waals surface area (Å²) in [4.78, 5) is 13.8. The third kappa shape index (κ3) is 3.09. The fourth-order valence-corrected chi connectivity index (χ4v) is 2.53. The molecule has 1 aliphatic rings. The molecule has 3 nitrogen and oxygen atoms in total. The molecular formula is C14H12Cl2N2O. The predicted octanol–water partition coefficient (Wildman–Crippen LogP) is 3.52. The zero-order valence-electron chi connectivity index (χ0n) is 10.2. The highest BCUT2D eigenvalue weighted by Crippen LogP contribution is 2.27. The maximum atomic E-state index is 12.2. The van der Waals surface area contributed by atoms with Gasteiger partial charge in [-0.3, -0.25) is 4.79 Å². The lowest BCUT2D eigenvalue weighted by Gasteiger charge is -2.14. The highest BCUT2D eigenvalue weighted by Gasteiger charge is 2.21. The van der Waals surface area contributed by atoms with Crippen LogP contribution in [-0.2, 0) is 4.79 Å². The van der Waals surface area contributed by atoms with E-state index >= 15 is 0 Å². The Balaban J connectivity index is 2.34. The minimum absolute atomic E-state index is 0.0666. The van der Waals surface area contributed by atoms with Crippen LogP contribution in [0.1, 0.15) is 18.4 Å². The standard InChI is InChI=1S/C14H12Cl2N2O/c15-12-4-3-5-13(16)11(12)8-10(9-17)14(19)18-6-1-2-7-18/h3-5,8H,1-2,6-7H2/b10-8+. The predicted molar refractivity (Wildman–Crippen MR) is 75.9 cm³/mol. The summed E-state index contributed by atoms with van der Waals surface area (Å²) < 4.78 is 0. The van der Waals surface area contributed by atoms with E-state index in [1.807, 2.05) is 6.07 Å². The number of carbonyl (C=O) groups is 1. The van der Waals surface area contributed by atoms with Crippen LogP contribution >= 0.6 is 23.2 Å². The fourth-order valence-electron chi connectivity index (χ4n) is 2.03. The topological polar surface area (TPSA) is 44.1 Å². The van der Waals surface area contributed by atoms with Crippen LogP contribution in [0.25, 0.3) is 6.08 Å². The molecule has 0 bridgehead atoms. The van der Waals surface area contributed by atoms with E-state index in [9.17, 15) is 4.79 Å². The summed E-state index contributed by atoms with van der Waals surface area (Å²) in [7, 11) is 0. The molecule has 1 heterocycles. The Kier molecular flexibility index (Phi) is 4.47. The Hall–Kier alpha value is -1.50. The van der Waals surface area contributed by atoms with Crippen LogP contribution in [0.4, 0.5) is 0 Å². The van der Waals surface area contributed by atoms with E-state index in [4.69, 9.17) is 28.5 Å². The highest BCUT2D eigenvalue weighted by molar-refractivity contribution is 6.37. The molecule has 1 fully saturated rings. The Labute approximate surface area is 122 Å². The molecular weight excluding hydrogens is 283 g/mol. The molecule has 0 aliphatic carbocycles. The van der Waals surface area contributed by atoms with Crippen LogP contribution in [-0.4, -0.2) is 23.9 Å². The van der Waals surface area contributed by atoms with Gasteiger partial charge in [0.1, 0.15) is 11.6 Å². The molecule has 1 aromatic carbocycles. The van der Waals surface area contributed by atoms with E-state index in [1.165, 1.54) is 6.08 Å². The quantitative estimate of drug-likeness (QED) is 0.619. The van der Waals surface area contributed by atoms with Crippen molar-refractivity contribution < 1.29 is 4.79 Å². The fraction of sp³-hybridized carbons (Fsp3) is 0.286. The van der Waals surface area contributed by atoms with Gasteiger partial charge in [-0.15, -0.1) is 0 Å². The number of nitrogens with zero attached hydrogens (tertiary/aromatic N) is 2. The summed E-state index contributed by atoms with van der Waals surface area (Å²) in [6, 6.07) is 7.00. The molecule has 0 radical (unpaired) electrons. The lowest BCUT2D eigenvalue weighted by Crippen LogP contribution is -2.28. The van der Waals surface area contributed by atoms with Crippen LogP contribution < -0.4 is 0 Å². The number of hydrogen-bond acceptors (Lipinski definition) is 2. The van der Waals surface area contributed by atoms with Gasteiger partial charge in [-0.1, -0.05) is 29.3 Å². The van der Waals surface area contributed by atoms with E-state index < -0.39 is 0 Å². The van der Waals surface area contributed by atoms with Crippen LogP contribution in [0.5, 0.6) is 0 Å². The largest absolute Gasteiger partial charge is 0.338 e. The maximum Gasteiger partial charge on any atom is 0.264 e. The maximum absolute atomic E-state index is 12.2. The molecule has 98 valence electrons. The number of halogens is 2. The molecule has 1 amide bonds. The molecule has 0 N–H and O–H groups in total. The van der Waals surface area contributed by atoms with Crippen molar-refractivity contribution in [2.75, 3.05) is 13.1 Å². The molecule has 1 aliphatic heterocycles. The van der Waals surface area contributed by atoms with Gasteiger partial charge in [0.2, 0.25) is 0 Å². The average molecular weight is 295 g/mol. The zero-order valence-corrected chi connectivity index (χ0v) is 11.7. The van der Waals surface area contributed by atoms with Crippen LogP contribution in [0.15, 0.2) is 23.8 Å². The van der Waals surface area contributed by atoms with E-state index in [-0.39, 0.29) is 11.5 Å². The third-order valence-corrected chi connectivity index (χ3v) is 3.69. The summed E-state index contributed by atoms with van der Waals surface area (Å²) in [6.07, 6.45) is 3.43. The van der Waals surface area contributed by atoms with Gasteiger partial charge in [-0.2, -0.15) is 5.26 Å². The summed E-state index contributed by atoms with van der Waals surface area (Å²) in [5.41, 5.74) is 0.576. The van der Waals surface area contributed by atoms with Gasteiger partial charge in [-0.05, 0) is 31.1 Å². The van der Waals surface area contributed by atoms with Crippen molar-refractivity contribution in [3.05, 3.63) is 39.4 Å². The van der Waals surface area contributed by atoms with Gasteiger partial charge in [0.05, 0.1) is 0 Å². The first-order valence-corrected chi connectivity index (χ1v) is 6.74. The summed E-state index contributed by atoms with van der Waals surface area (Å²) in [6.45, 7) is 1.40. The second-order valence-corrected chi connectivity index (χ2v) is 5.12. The lowest BCUT2D eigenvalue weighted by molar-refractivity contribution is -0.125. The molecule has 2 rings (SSSR count). The van der Waals surface area contributed by atoms with Gasteiger partial charge < -0.3 is 4.90 Å². The monoisotopic (exact) mass is 294 g/mol. The average Bonchev–Trinajstić information content (AvgIpc) is 2.92. The SMILES string of the molecule is N#C/C(=C\c1c(Cl)cccc1Cl)C(=O)N1CCCC1. The normalized spacial score (nSPS) is 15.4. The molecule has 1 saturated heterocycles. The molecule has 0 aromatic heterocycles. The first-order valence-electron chi connectivity index (χ1n) is 5.98. The van der Waals surface area contributed by atoms with Crippen molar-refractivity contribution in [2.45, 2.75) is 12.8 Å². The summed E-state index contributed by atoms with van der Waals surface area (Å²) >= 11 is 12.1. The van der Waals surface area contributed by atoms with Gasteiger partial charge in [0.25, 0.3) is 5.91 Å². The second kappa shape index (κ2) is 6.10. The number of likely N-dealkylation sites (tertiary alicyclic amines) is 1. The van der Waals surface area contributed by atoms with E-state index in [2.05, 4.69) is 0 Å². The van der Waals surface area contributed by atoms with Gasteiger partial charge >= 0.3 is 0 Å². The number of nitriles is 1. The van der Waals surface area contributed by atoms with Crippen molar-refractivity contribution in [1.29, 1.82) is 5.26 Å². The third-order valence-electron chi connectivity index (χ3n) is 3.03. The Morgan fingerprint density at radius 1 is 1.26 bits per heavy atom. The van der Waals surface area contributed by atoms with Crippen LogP contribution in [0.2, 0.25) is 10.0 Å².